The molecule has 1 atom stereocenters. The van der Waals surface area contributed by atoms with Crippen LogP contribution in [-0.4, -0.2) is 48.4 Å². The SMILES string of the molecule is O=C1CC[C@@H](N2Cc3c(ccc4c3OCC43CCNCC3)C2=O)C(=O)N1. The largest absolute Gasteiger partial charge is 0.492 e. The number of amides is 3. The Morgan fingerprint density at radius 1 is 1.15 bits per heavy atom. The van der Waals surface area contributed by atoms with Crippen molar-refractivity contribution in [2.45, 2.75) is 43.7 Å². The average molecular weight is 355 g/mol. The van der Waals surface area contributed by atoms with Gasteiger partial charge < -0.3 is 15.0 Å². The monoisotopic (exact) mass is 355 g/mol. The van der Waals surface area contributed by atoms with Crippen LogP contribution in [0.15, 0.2) is 12.1 Å². The summed E-state index contributed by atoms with van der Waals surface area (Å²) in [6, 6.07) is 3.34. The maximum absolute atomic E-state index is 12.9. The molecular weight excluding hydrogens is 334 g/mol. The number of imide groups is 1. The van der Waals surface area contributed by atoms with Crippen LogP contribution in [0.2, 0.25) is 0 Å². The van der Waals surface area contributed by atoms with Gasteiger partial charge in [0.2, 0.25) is 11.8 Å². The Labute approximate surface area is 151 Å². The van der Waals surface area contributed by atoms with Gasteiger partial charge in [0.25, 0.3) is 5.91 Å². The van der Waals surface area contributed by atoms with Crippen LogP contribution < -0.4 is 15.4 Å². The minimum absolute atomic E-state index is 0.0424. The summed E-state index contributed by atoms with van der Waals surface area (Å²) in [5.74, 6) is 0.0435. The van der Waals surface area contributed by atoms with Gasteiger partial charge in [-0.1, -0.05) is 6.07 Å². The summed E-state index contributed by atoms with van der Waals surface area (Å²) in [5, 5.41) is 5.74. The Balaban J connectivity index is 1.48. The summed E-state index contributed by atoms with van der Waals surface area (Å²) in [5.41, 5.74) is 2.77. The molecule has 136 valence electrons. The number of nitrogens with zero attached hydrogens (tertiary/aromatic N) is 1. The summed E-state index contributed by atoms with van der Waals surface area (Å²) >= 11 is 0. The Morgan fingerprint density at radius 2 is 1.96 bits per heavy atom. The van der Waals surface area contributed by atoms with E-state index >= 15 is 0 Å². The predicted molar refractivity (Wildman–Crippen MR) is 91.8 cm³/mol. The molecule has 7 heteroatoms. The van der Waals surface area contributed by atoms with E-state index in [4.69, 9.17) is 4.74 Å². The normalized spacial score (nSPS) is 26.5. The van der Waals surface area contributed by atoms with Crippen molar-refractivity contribution in [3.05, 3.63) is 28.8 Å². The molecule has 1 aromatic rings. The van der Waals surface area contributed by atoms with E-state index in [-0.39, 0.29) is 29.6 Å². The zero-order valence-corrected chi connectivity index (χ0v) is 14.5. The van der Waals surface area contributed by atoms with Gasteiger partial charge in [-0.3, -0.25) is 19.7 Å². The zero-order chi connectivity index (χ0) is 17.9. The molecule has 0 aromatic heterocycles. The standard InChI is InChI=1S/C19H21N3O4/c23-15-4-3-14(17(24)21-15)22-9-12-11(18(22)25)1-2-13-16(12)26-10-19(13)5-7-20-8-6-19/h1-2,14,20H,3-10H2,(H,21,23,24)/t14-/m1/s1. The Kier molecular flexibility index (Phi) is 3.37. The first-order chi connectivity index (χ1) is 12.6. The summed E-state index contributed by atoms with van der Waals surface area (Å²) < 4.78 is 6.10. The van der Waals surface area contributed by atoms with E-state index in [2.05, 4.69) is 10.6 Å². The number of carbonyl (C=O) groups is 3. The second kappa shape index (κ2) is 5.54. The molecule has 4 aliphatic rings. The third-order valence-electron chi connectivity index (χ3n) is 6.29. The second-order valence-corrected chi connectivity index (χ2v) is 7.69. The first kappa shape index (κ1) is 15.8. The number of rotatable bonds is 1. The average Bonchev–Trinajstić information content (AvgIpc) is 3.15. The number of nitrogens with one attached hydrogen (secondary N) is 2. The van der Waals surface area contributed by atoms with Gasteiger partial charge in [-0.2, -0.15) is 0 Å². The van der Waals surface area contributed by atoms with Crippen molar-refractivity contribution in [3.63, 3.8) is 0 Å². The molecule has 3 amide bonds. The summed E-state index contributed by atoms with van der Waals surface area (Å²) in [6.07, 6.45) is 2.71. The maximum atomic E-state index is 12.9. The quantitative estimate of drug-likeness (QED) is 0.715. The number of benzene rings is 1. The van der Waals surface area contributed by atoms with Crippen LogP contribution in [0.4, 0.5) is 0 Å². The molecule has 0 bridgehead atoms. The lowest BCUT2D eigenvalue weighted by molar-refractivity contribution is -0.136. The highest BCUT2D eigenvalue weighted by molar-refractivity contribution is 6.05. The molecule has 0 unspecified atom stereocenters. The number of fused-ring (bicyclic) bond motifs is 4. The van der Waals surface area contributed by atoms with Gasteiger partial charge >= 0.3 is 0 Å². The highest BCUT2D eigenvalue weighted by Crippen LogP contribution is 2.48. The van der Waals surface area contributed by atoms with Crippen molar-refractivity contribution >= 4 is 17.7 Å². The number of hydrogen-bond acceptors (Lipinski definition) is 5. The lowest BCUT2D eigenvalue weighted by Gasteiger charge is -2.32. The number of carbonyl (C=O) groups excluding carboxylic acids is 3. The fraction of sp³-hybridized carbons (Fsp3) is 0.526. The third-order valence-corrected chi connectivity index (χ3v) is 6.29. The highest BCUT2D eigenvalue weighted by Gasteiger charge is 2.46. The molecule has 2 saturated heterocycles. The van der Waals surface area contributed by atoms with Crippen LogP contribution in [0.25, 0.3) is 0 Å². The Bertz CT molecular complexity index is 828. The molecule has 4 aliphatic heterocycles. The van der Waals surface area contributed by atoms with Crippen molar-refractivity contribution in [2.24, 2.45) is 0 Å². The fourth-order valence-electron chi connectivity index (χ4n) is 4.80. The van der Waals surface area contributed by atoms with Crippen LogP contribution in [0.5, 0.6) is 5.75 Å². The fourth-order valence-corrected chi connectivity index (χ4v) is 4.80. The molecule has 26 heavy (non-hydrogen) atoms. The van der Waals surface area contributed by atoms with Crippen LogP contribution >= 0.6 is 0 Å². The summed E-state index contributed by atoms with van der Waals surface area (Å²) in [4.78, 5) is 38.1. The molecule has 0 aliphatic carbocycles. The minimum atomic E-state index is -0.586. The van der Waals surface area contributed by atoms with Gasteiger partial charge in [0.15, 0.2) is 0 Å². The van der Waals surface area contributed by atoms with E-state index in [0.29, 0.717) is 25.1 Å². The molecule has 1 aromatic carbocycles. The van der Waals surface area contributed by atoms with Crippen molar-refractivity contribution < 1.29 is 19.1 Å². The molecule has 2 N–H and O–H groups in total. The molecule has 0 saturated carbocycles. The second-order valence-electron chi connectivity index (χ2n) is 7.69. The van der Waals surface area contributed by atoms with Gasteiger partial charge in [-0.25, -0.2) is 0 Å². The van der Waals surface area contributed by atoms with E-state index in [1.807, 2.05) is 12.1 Å². The van der Waals surface area contributed by atoms with Crippen LogP contribution in [0.3, 0.4) is 0 Å². The first-order valence-electron chi connectivity index (χ1n) is 9.24. The Hall–Kier alpha value is -2.41. The van der Waals surface area contributed by atoms with Crippen molar-refractivity contribution in [1.29, 1.82) is 0 Å². The van der Waals surface area contributed by atoms with E-state index in [9.17, 15) is 14.4 Å². The van der Waals surface area contributed by atoms with E-state index in [0.717, 1.165) is 37.2 Å². The van der Waals surface area contributed by atoms with Gasteiger partial charge in [0.05, 0.1) is 13.2 Å². The number of ether oxygens (including phenoxy) is 1. The van der Waals surface area contributed by atoms with Crippen LogP contribution in [0, 0.1) is 0 Å². The Morgan fingerprint density at radius 3 is 2.73 bits per heavy atom. The van der Waals surface area contributed by atoms with E-state index < -0.39 is 6.04 Å². The first-order valence-corrected chi connectivity index (χ1v) is 9.24. The van der Waals surface area contributed by atoms with Crippen LogP contribution in [0.1, 0.15) is 47.2 Å². The highest BCUT2D eigenvalue weighted by atomic mass is 16.5. The summed E-state index contributed by atoms with van der Waals surface area (Å²) in [7, 11) is 0. The number of hydrogen-bond donors (Lipinski definition) is 2. The molecule has 7 nitrogen and oxygen atoms in total. The topological polar surface area (TPSA) is 87.7 Å². The molecule has 4 heterocycles. The predicted octanol–water partition coefficient (Wildman–Crippen LogP) is 0.461. The third kappa shape index (κ3) is 2.13. The smallest absolute Gasteiger partial charge is 0.255 e. The lowest BCUT2D eigenvalue weighted by atomic mass is 9.74. The number of piperidine rings is 2. The molecule has 0 radical (unpaired) electrons. The lowest BCUT2D eigenvalue weighted by Crippen LogP contribution is -2.52. The maximum Gasteiger partial charge on any atom is 0.255 e. The molecule has 2 fully saturated rings. The van der Waals surface area contributed by atoms with Crippen molar-refractivity contribution in [3.8, 4) is 5.75 Å². The van der Waals surface area contributed by atoms with E-state index in [1.165, 1.54) is 5.56 Å². The minimum Gasteiger partial charge on any atom is -0.492 e. The molecule has 1 spiro atoms. The molecular formula is C19H21N3O4. The summed E-state index contributed by atoms with van der Waals surface area (Å²) in [6.45, 7) is 2.98. The van der Waals surface area contributed by atoms with Crippen LogP contribution in [-0.2, 0) is 21.5 Å². The van der Waals surface area contributed by atoms with Crippen molar-refractivity contribution in [1.82, 2.24) is 15.5 Å². The van der Waals surface area contributed by atoms with Crippen molar-refractivity contribution in [2.75, 3.05) is 19.7 Å². The van der Waals surface area contributed by atoms with Gasteiger partial charge in [-0.05, 0) is 38.4 Å². The molecule has 5 rings (SSSR count). The van der Waals surface area contributed by atoms with Gasteiger partial charge in [0.1, 0.15) is 11.8 Å². The van der Waals surface area contributed by atoms with E-state index in [1.54, 1.807) is 4.90 Å². The van der Waals surface area contributed by atoms with Gasteiger partial charge in [0, 0.05) is 28.5 Å². The zero-order valence-electron chi connectivity index (χ0n) is 14.5. The van der Waals surface area contributed by atoms with Gasteiger partial charge in [-0.15, -0.1) is 0 Å².